The second-order valence-electron chi connectivity index (χ2n) is 6.07. The number of benzene rings is 1. The molecular formula is C16H23FN2. The third-order valence-electron chi connectivity index (χ3n) is 4.52. The lowest BCUT2D eigenvalue weighted by molar-refractivity contribution is 0.134. The minimum atomic E-state index is -0.145. The zero-order valence-corrected chi connectivity index (χ0v) is 11.6. The molecule has 1 N–H and O–H groups in total. The summed E-state index contributed by atoms with van der Waals surface area (Å²) >= 11 is 0. The molecule has 3 rings (SSSR count). The van der Waals surface area contributed by atoms with Crippen molar-refractivity contribution in [3.63, 3.8) is 0 Å². The van der Waals surface area contributed by atoms with Gasteiger partial charge in [-0.15, -0.1) is 0 Å². The molecule has 1 aromatic carbocycles. The largest absolute Gasteiger partial charge is 0.311 e. The van der Waals surface area contributed by atoms with E-state index < -0.39 is 0 Å². The minimum absolute atomic E-state index is 0.145. The minimum Gasteiger partial charge on any atom is -0.311 e. The van der Waals surface area contributed by atoms with Crippen molar-refractivity contribution in [1.82, 2.24) is 10.2 Å². The second-order valence-corrected chi connectivity index (χ2v) is 6.07. The number of nitrogens with one attached hydrogen (secondary N) is 1. The molecular weight excluding hydrogens is 239 g/mol. The summed E-state index contributed by atoms with van der Waals surface area (Å²) in [5.41, 5.74) is 1.23. The Morgan fingerprint density at radius 1 is 1.26 bits per heavy atom. The highest BCUT2D eigenvalue weighted by Gasteiger charge is 2.35. The van der Waals surface area contributed by atoms with Gasteiger partial charge in [-0.25, -0.2) is 4.39 Å². The maximum absolute atomic E-state index is 12.9. The SMILES string of the molecule is CC1CNC(C2CC2)CN1CCc1ccc(F)cc1. The van der Waals surface area contributed by atoms with Crippen molar-refractivity contribution in [3.05, 3.63) is 35.6 Å². The highest BCUT2D eigenvalue weighted by molar-refractivity contribution is 5.16. The van der Waals surface area contributed by atoms with Crippen molar-refractivity contribution < 1.29 is 4.39 Å². The molecule has 19 heavy (non-hydrogen) atoms. The molecule has 0 bridgehead atoms. The smallest absolute Gasteiger partial charge is 0.123 e. The van der Waals surface area contributed by atoms with Crippen molar-refractivity contribution in [1.29, 1.82) is 0 Å². The number of rotatable bonds is 4. The van der Waals surface area contributed by atoms with E-state index in [1.165, 1.54) is 24.9 Å². The van der Waals surface area contributed by atoms with E-state index in [4.69, 9.17) is 0 Å². The summed E-state index contributed by atoms with van der Waals surface area (Å²) in [5, 5.41) is 3.68. The van der Waals surface area contributed by atoms with E-state index >= 15 is 0 Å². The van der Waals surface area contributed by atoms with Gasteiger partial charge in [-0.3, -0.25) is 4.90 Å². The van der Waals surface area contributed by atoms with Crippen LogP contribution < -0.4 is 5.32 Å². The molecule has 1 saturated carbocycles. The van der Waals surface area contributed by atoms with Gasteiger partial charge in [-0.2, -0.15) is 0 Å². The average Bonchev–Trinajstić information content (AvgIpc) is 3.24. The van der Waals surface area contributed by atoms with Gasteiger partial charge in [-0.05, 0) is 49.8 Å². The molecule has 0 spiro atoms. The number of nitrogens with zero attached hydrogens (tertiary/aromatic N) is 1. The molecule has 3 heteroatoms. The molecule has 0 amide bonds. The Morgan fingerprint density at radius 3 is 2.68 bits per heavy atom. The van der Waals surface area contributed by atoms with Gasteiger partial charge in [0, 0.05) is 31.7 Å². The van der Waals surface area contributed by atoms with Crippen molar-refractivity contribution >= 4 is 0 Å². The molecule has 1 heterocycles. The normalized spacial score (nSPS) is 28.5. The average molecular weight is 262 g/mol. The van der Waals surface area contributed by atoms with Crippen LogP contribution in [-0.4, -0.2) is 36.6 Å². The van der Waals surface area contributed by atoms with Crippen molar-refractivity contribution in [2.75, 3.05) is 19.6 Å². The predicted octanol–water partition coefficient (Wildman–Crippen LogP) is 2.44. The van der Waals surface area contributed by atoms with Crippen molar-refractivity contribution in [2.24, 2.45) is 5.92 Å². The number of hydrogen-bond donors (Lipinski definition) is 1. The molecule has 2 atom stereocenters. The van der Waals surface area contributed by atoms with Gasteiger partial charge in [0.25, 0.3) is 0 Å². The van der Waals surface area contributed by atoms with Crippen LogP contribution in [0.2, 0.25) is 0 Å². The third kappa shape index (κ3) is 3.34. The number of hydrogen-bond acceptors (Lipinski definition) is 2. The lowest BCUT2D eigenvalue weighted by atomic mass is 10.0. The fourth-order valence-corrected chi connectivity index (χ4v) is 3.00. The van der Waals surface area contributed by atoms with Gasteiger partial charge in [-0.1, -0.05) is 12.1 Å². The number of halogens is 1. The maximum Gasteiger partial charge on any atom is 0.123 e. The molecule has 2 fully saturated rings. The monoisotopic (exact) mass is 262 g/mol. The van der Waals surface area contributed by atoms with Crippen LogP contribution in [0.3, 0.4) is 0 Å². The fraction of sp³-hybridized carbons (Fsp3) is 0.625. The summed E-state index contributed by atoms with van der Waals surface area (Å²) in [5.74, 6) is 0.772. The topological polar surface area (TPSA) is 15.3 Å². The van der Waals surface area contributed by atoms with E-state index in [0.29, 0.717) is 12.1 Å². The van der Waals surface area contributed by atoms with Crippen molar-refractivity contribution in [2.45, 2.75) is 38.3 Å². The Morgan fingerprint density at radius 2 is 2.00 bits per heavy atom. The summed E-state index contributed by atoms with van der Waals surface area (Å²) in [7, 11) is 0. The molecule has 1 aliphatic heterocycles. The first-order chi connectivity index (χ1) is 9.22. The lowest BCUT2D eigenvalue weighted by Gasteiger charge is -2.39. The van der Waals surface area contributed by atoms with Gasteiger partial charge < -0.3 is 5.32 Å². The molecule has 2 unspecified atom stereocenters. The summed E-state index contributed by atoms with van der Waals surface area (Å²) in [6, 6.07) is 8.23. The van der Waals surface area contributed by atoms with Crippen LogP contribution in [-0.2, 0) is 6.42 Å². The van der Waals surface area contributed by atoms with Crippen LogP contribution in [0, 0.1) is 11.7 Å². The van der Waals surface area contributed by atoms with Gasteiger partial charge in [0.05, 0.1) is 0 Å². The standard InChI is InChI=1S/C16H23FN2/c1-12-10-18-16(14-4-5-14)11-19(12)9-8-13-2-6-15(17)7-3-13/h2-3,6-7,12,14,16,18H,4-5,8-11H2,1H3. The Labute approximate surface area is 115 Å². The molecule has 2 aliphatic rings. The summed E-state index contributed by atoms with van der Waals surface area (Å²) in [6.45, 7) is 5.65. The zero-order valence-electron chi connectivity index (χ0n) is 11.6. The van der Waals surface area contributed by atoms with Gasteiger partial charge >= 0.3 is 0 Å². The van der Waals surface area contributed by atoms with Crippen LogP contribution in [0.1, 0.15) is 25.3 Å². The summed E-state index contributed by atoms with van der Waals surface area (Å²) in [6.07, 6.45) is 3.82. The maximum atomic E-state index is 12.9. The van der Waals surface area contributed by atoms with Crippen molar-refractivity contribution in [3.8, 4) is 0 Å². The van der Waals surface area contributed by atoms with E-state index in [9.17, 15) is 4.39 Å². The highest BCUT2D eigenvalue weighted by atomic mass is 19.1. The summed E-state index contributed by atoms with van der Waals surface area (Å²) < 4.78 is 12.9. The van der Waals surface area contributed by atoms with Crippen LogP contribution in [0.4, 0.5) is 4.39 Å². The van der Waals surface area contributed by atoms with Gasteiger partial charge in [0.2, 0.25) is 0 Å². The molecule has 1 aromatic rings. The molecule has 104 valence electrons. The number of piperazine rings is 1. The van der Waals surface area contributed by atoms with E-state index in [0.717, 1.165) is 25.4 Å². The Balaban J connectivity index is 1.53. The lowest BCUT2D eigenvalue weighted by Crippen LogP contribution is -2.56. The molecule has 0 radical (unpaired) electrons. The van der Waals surface area contributed by atoms with Crippen LogP contribution in [0.25, 0.3) is 0 Å². The predicted molar refractivity (Wildman–Crippen MR) is 75.7 cm³/mol. The second kappa shape index (κ2) is 5.59. The zero-order chi connectivity index (χ0) is 13.2. The Bertz CT molecular complexity index is 413. The van der Waals surface area contributed by atoms with Crippen LogP contribution >= 0.6 is 0 Å². The first-order valence-electron chi connectivity index (χ1n) is 7.44. The quantitative estimate of drug-likeness (QED) is 0.896. The van der Waals surface area contributed by atoms with Crippen LogP contribution in [0.5, 0.6) is 0 Å². The summed E-state index contributed by atoms with van der Waals surface area (Å²) in [4.78, 5) is 2.59. The van der Waals surface area contributed by atoms with Crippen LogP contribution in [0.15, 0.2) is 24.3 Å². The highest BCUT2D eigenvalue weighted by Crippen LogP contribution is 2.34. The first kappa shape index (κ1) is 13.1. The third-order valence-corrected chi connectivity index (χ3v) is 4.52. The van der Waals surface area contributed by atoms with Gasteiger partial charge in [0.1, 0.15) is 5.82 Å². The van der Waals surface area contributed by atoms with E-state index in [1.807, 2.05) is 12.1 Å². The van der Waals surface area contributed by atoms with E-state index in [-0.39, 0.29) is 5.82 Å². The Hall–Kier alpha value is -0.930. The Kier molecular flexibility index (Phi) is 3.85. The van der Waals surface area contributed by atoms with E-state index in [2.05, 4.69) is 17.1 Å². The van der Waals surface area contributed by atoms with E-state index in [1.54, 1.807) is 12.1 Å². The van der Waals surface area contributed by atoms with Gasteiger partial charge in [0.15, 0.2) is 0 Å². The molecule has 2 nitrogen and oxygen atoms in total. The molecule has 0 aromatic heterocycles. The first-order valence-corrected chi connectivity index (χ1v) is 7.44. The molecule has 1 aliphatic carbocycles. The fourth-order valence-electron chi connectivity index (χ4n) is 3.00. The molecule has 1 saturated heterocycles.